The lowest BCUT2D eigenvalue weighted by molar-refractivity contribution is -0.143. The van der Waals surface area contributed by atoms with Crippen LogP contribution < -0.4 is 5.32 Å². The molecule has 2 fully saturated rings. The Morgan fingerprint density at radius 2 is 2.09 bits per heavy atom. The van der Waals surface area contributed by atoms with Crippen molar-refractivity contribution in [2.75, 3.05) is 32.8 Å². The van der Waals surface area contributed by atoms with Crippen molar-refractivity contribution in [1.29, 1.82) is 0 Å². The smallest absolute Gasteiger partial charge is 0.325 e. The number of ether oxygens (including phenoxy) is 2. The van der Waals surface area contributed by atoms with E-state index in [1.54, 1.807) is 4.90 Å². The molecule has 0 aliphatic carbocycles. The largest absolute Gasteiger partial charge is 0.480 e. The molecule has 0 spiro atoms. The molecule has 2 saturated heterocycles. The van der Waals surface area contributed by atoms with Gasteiger partial charge in [0.15, 0.2) is 0 Å². The number of alkyl halides is 2. The zero-order chi connectivity index (χ0) is 31.0. The van der Waals surface area contributed by atoms with E-state index in [-0.39, 0.29) is 44.2 Å². The van der Waals surface area contributed by atoms with Crippen LogP contribution in [0.2, 0.25) is 0 Å². The first-order chi connectivity index (χ1) is 20.5. The lowest BCUT2D eigenvalue weighted by atomic mass is 9.93. The van der Waals surface area contributed by atoms with Crippen molar-refractivity contribution < 1.29 is 32.5 Å². The highest BCUT2D eigenvalue weighted by Crippen LogP contribution is 2.40. The van der Waals surface area contributed by atoms with Crippen molar-refractivity contribution in [1.82, 2.24) is 10.2 Å². The van der Waals surface area contributed by atoms with Crippen molar-refractivity contribution in [2.45, 2.75) is 96.8 Å². The summed E-state index contributed by atoms with van der Waals surface area (Å²) in [5.74, 6) is -5.61. The Bertz CT molecular complexity index is 1200. The van der Waals surface area contributed by atoms with Gasteiger partial charge in [-0.3, -0.25) is 9.69 Å². The monoisotopic (exact) mass is 604 g/mol. The zero-order valence-electron chi connectivity index (χ0n) is 25.8. The van der Waals surface area contributed by atoms with Crippen molar-refractivity contribution in [3.63, 3.8) is 0 Å². The lowest BCUT2D eigenvalue weighted by Crippen LogP contribution is -2.36. The maximum Gasteiger partial charge on any atom is 0.325 e. The summed E-state index contributed by atoms with van der Waals surface area (Å²) in [4.78, 5) is 14.0. The number of hydrogen-bond acceptors (Lipinski definition) is 5. The van der Waals surface area contributed by atoms with Gasteiger partial charge in [-0.05, 0) is 107 Å². The molecular weight excluding hydrogens is 557 g/mol. The molecule has 1 aromatic rings. The molecule has 6 nitrogen and oxygen atoms in total. The molecule has 3 aliphatic heterocycles. The fourth-order valence-electron chi connectivity index (χ4n) is 6.30. The summed E-state index contributed by atoms with van der Waals surface area (Å²) < 4.78 is 56.4. The molecule has 0 aromatic heterocycles. The summed E-state index contributed by atoms with van der Waals surface area (Å²) in [5, 5.41) is 13.5. The molecule has 0 saturated carbocycles. The van der Waals surface area contributed by atoms with Crippen LogP contribution in [0.4, 0.5) is 13.2 Å². The average molecular weight is 605 g/mol. The molecule has 43 heavy (non-hydrogen) atoms. The molecule has 0 bridgehead atoms. The minimum atomic E-state index is -2.91. The number of nitrogens with zero attached hydrogens (tertiary/aromatic N) is 1. The van der Waals surface area contributed by atoms with Crippen molar-refractivity contribution in [3.8, 4) is 0 Å². The van der Waals surface area contributed by atoms with E-state index in [1.807, 2.05) is 0 Å². The lowest BCUT2D eigenvalue weighted by Gasteiger charge is -2.28. The van der Waals surface area contributed by atoms with Gasteiger partial charge >= 0.3 is 5.97 Å². The molecule has 0 amide bonds. The van der Waals surface area contributed by atoms with E-state index in [9.17, 15) is 14.3 Å². The maximum absolute atomic E-state index is 15.4. The summed E-state index contributed by atoms with van der Waals surface area (Å²) in [6, 6.07) is 2.78. The summed E-state index contributed by atoms with van der Waals surface area (Å²) in [6.07, 6.45) is 8.82. The van der Waals surface area contributed by atoms with E-state index in [1.165, 1.54) is 40.6 Å². The van der Waals surface area contributed by atoms with Crippen LogP contribution in [0.3, 0.4) is 0 Å². The third-order valence-corrected chi connectivity index (χ3v) is 9.01. The van der Waals surface area contributed by atoms with E-state index in [4.69, 9.17) is 9.47 Å². The highest BCUT2D eigenvalue weighted by Gasteiger charge is 2.45. The molecule has 3 atom stereocenters. The van der Waals surface area contributed by atoms with Crippen LogP contribution >= 0.6 is 0 Å². The Labute approximate surface area is 254 Å². The number of carboxylic acid groups (broad SMARTS) is 1. The molecule has 3 aliphatic rings. The zero-order valence-corrected chi connectivity index (χ0v) is 25.8. The van der Waals surface area contributed by atoms with Crippen LogP contribution in [0.25, 0.3) is 0 Å². The molecular formula is C34H47F3N2O4. The fraction of sp³-hybridized carbons (Fsp3) is 0.618. The molecule has 2 unspecified atom stereocenters. The summed E-state index contributed by atoms with van der Waals surface area (Å²) in [5.41, 5.74) is 5.67. The van der Waals surface area contributed by atoms with Gasteiger partial charge in [-0.15, -0.1) is 0 Å². The first-order valence-electron chi connectivity index (χ1n) is 15.7. The first-order valence-corrected chi connectivity index (χ1v) is 15.7. The maximum atomic E-state index is 15.4. The highest BCUT2D eigenvalue weighted by atomic mass is 19.3. The second kappa shape index (κ2) is 15.4. The number of unbranched alkanes of at least 4 members (excludes halogenated alkanes) is 1. The van der Waals surface area contributed by atoms with Gasteiger partial charge in [0.1, 0.15) is 11.9 Å². The van der Waals surface area contributed by atoms with Gasteiger partial charge in [0, 0.05) is 37.7 Å². The standard InChI is InChI=1S/C34H47F3N2O4/c1-23(2)25(9-10-26-8-6-16-38-24(26)3)7-4-5-15-34(36,37)28-13-17-39(20-28)32(33(40)41)31-19-29(35)12-11-27(31)21-43-30-14-18-42-22-30/h9-12,19,28,30,32,38H,4-8,13-18,20-22H2,1-3H3,(H,40,41)/b10-9-/t28?,30-,32?/m0/s1. The highest BCUT2D eigenvalue weighted by molar-refractivity contribution is 5.76. The second-order valence-corrected chi connectivity index (χ2v) is 12.4. The minimum absolute atomic E-state index is 0.0539. The van der Waals surface area contributed by atoms with E-state index in [0.29, 0.717) is 31.6 Å². The van der Waals surface area contributed by atoms with Gasteiger partial charge < -0.3 is 19.9 Å². The Morgan fingerprint density at radius 3 is 2.79 bits per heavy atom. The van der Waals surface area contributed by atoms with E-state index in [2.05, 4.69) is 38.2 Å². The number of halogens is 3. The van der Waals surface area contributed by atoms with Gasteiger partial charge in [-0.25, -0.2) is 13.2 Å². The number of rotatable bonds is 14. The third kappa shape index (κ3) is 9.19. The second-order valence-electron chi connectivity index (χ2n) is 12.4. The van der Waals surface area contributed by atoms with Crippen LogP contribution in [0.5, 0.6) is 0 Å². The summed E-state index contributed by atoms with van der Waals surface area (Å²) in [7, 11) is 0. The van der Waals surface area contributed by atoms with Crippen LogP contribution in [0.15, 0.2) is 52.8 Å². The SMILES string of the molecule is CC(C)=C(/C=C\C1=C(C)NCCC1)CCCCC(F)(F)C1CCN(C(C(=O)O)c2cc(F)ccc2CO[C@H]2CCOC2)C1. The van der Waals surface area contributed by atoms with Gasteiger partial charge in [0.25, 0.3) is 5.92 Å². The Kier molecular flexibility index (Phi) is 11.9. The topological polar surface area (TPSA) is 71.0 Å². The Morgan fingerprint density at radius 1 is 1.28 bits per heavy atom. The van der Waals surface area contributed by atoms with Crippen LogP contribution in [0.1, 0.15) is 89.3 Å². The quantitative estimate of drug-likeness (QED) is 0.171. The number of nitrogens with one attached hydrogen (secondary N) is 1. The molecule has 2 N–H and O–H groups in total. The minimum Gasteiger partial charge on any atom is -0.480 e. The predicted octanol–water partition coefficient (Wildman–Crippen LogP) is 7.32. The predicted molar refractivity (Wildman–Crippen MR) is 161 cm³/mol. The number of aliphatic carboxylic acids is 1. The molecule has 3 heterocycles. The number of benzene rings is 1. The van der Waals surface area contributed by atoms with Crippen LogP contribution in [-0.2, 0) is 20.9 Å². The summed E-state index contributed by atoms with van der Waals surface area (Å²) >= 11 is 0. The van der Waals surface area contributed by atoms with Crippen LogP contribution in [-0.4, -0.2) is 60.9 Å². The number of carbonyl (C=O) groups is 1. The number of carboxylic acids is 1. The number of allylic oxidation sites excluding steroid dienone is 6. The van der Waals surface area contributed by atoms with E-state index >= 15 is 8.78 Å². The number of hydrogen-bond donors (Lipinski definition) is 2. The average Bonchev–Trinajstić information content (AvgIpc) is 3.66. The van der Waals surface area contributed by atoms with Gasteiger partial charge in [0.05, 0.1) is 19.3 Å². The molecule has 238 valence electrons. The molecule has 0 radical (unpaired) electrons. The van der Waals surface area contributed by atoms with Gasteiger partial charge in [-0.1, -0.05) is 23.8 Å². The van der Waals surface area contributed by atoms with E-state index < -0.39 is 29.7 Å². The molecule has 4 rings (SSSR count). The third-order valence-electron chi connectivity index (χ3n) is 9.01. The van der Waals surface area contributed by atoms with Crippen molar-refractivity contribution in [3.05, 3.63) is 69.7 Å². The molecule has 9 heteroatoms. The van der Waals surface area contributed by atoms with Crippen molar-refractivity contribution >= 4 is 5.97 Å². The number of likely N-dealkylation sites (tertiary alicyclic amines) is 1. The van der Waals surface area contributed by atoms with Gasteiger partial charge in [-0.2, -0.15) is 0 Å². The van der Waals surface area contributed by atoms with Gasteiger partial charge in [0.2, 0.25) is 0 Å². The van der Waals surface area contributed by atoms with Crippen molar-refractivity contribution in [2.24, 2.45) is 5.92 Å². The summed E-state index contributed by atoms with van der Waals surface area (Å²) in [6.45, 7) is 8.53. The van der Waals surface area contributed by atoms with E-state index in [0.717, 1.165) is 32.2 Å². The Balaban J connectivity index is 1.34. The van der Waals surface area contributed by atoms with Crippen LogP contribution in [0, 0.1) is 11.7 Å². The Hall–Kier alpha value is -2.62. The molecule has 1 aromatic carbocycles. The normalized spacial score (nSPS) is 22.3. The fourth-order valence-corrected chi connectivity index (χ4v) is 6.30. The first kappa shape index (κ1) is 33.3.